The molecular weight excluding hydrogens is 242 g/mol. The number of carbonyl (C=O) groups is 2. The second-order valence-corrected chi connectivity index (χ2v) is 4.99. The summed E-state index contributed by atoms with van der Waals surface area (Å²) in [7, 11) is 0. The third-order valence-corrected chi connectivity index (χ3v) is 3.68. The molecular formula is C14H15N3O2. The Morgan fingerprint density at radius 2 is 2.00 bits per heavy atom. The highest BCUT2D eigenvalue weighted by molar-refractivity contribution is 6.07. The van der Waals surface area contributed by atoms with Crippen molar-refractivity contribution in [2.24, 2.45) is 0 Å². The first-order valence-electron chi connectivity index (χ1n) is 6.28. The maximum atomic E-state index is 11.9. The number of H-pyrrole nitrogens is 1. The minimum absolute atomic E-state index is 0.334. The zero-order chi connectivity index (χ0) is 13.6. The van der Waals surface area contributed by atoms with Crippen LogP contribution in [-0.2, 0) is 16.8 Å². The van der Waals surface area contributed by atoms with E-state index in [0.29, 0.717) is 5.69 Å². The normalized spacial score (nSPS) is 22.6. The zero-order valence-electron chi connectivity index (χ0n) is 10.8. The number of aromatic nitrogens is 1. The summed E-state index contributed by atoms with van der Waals surface area (Å²) in [5, 5.41) is 5.96. The van der Waals surface area contributed by atoms with Gasteiger partial charge in [0.05, 0.1) is 5.69 Å². The van der Waals surface area contributed by atoms with Gasteiger partial charge >= 0.3 is 6.03 Å². The summed E-state index contributed by atoms with van der Waals surface area (Å²) >= 11 is 0. The zero-order valence-corrected chi connectivity index (χ0v) is 10.8. The molecule has 1 aliphatic rings. The Hall–Kier alpha value is -2.30. The number of nitrogens with one attached hydrogen (secondary N) is 3. The van der Waals surface area contributed by atoms with Gasteiger partial charge in [-0.2, -0.15) is 0 Å². The molecule has 0 radical (unpaired) electrons. The second-order valence-electron chi connectivity index (χ2n) is 4.99. The van der Waals surface area contributed by atoms with Gasteiger partial charge in [0.15, 0.2) is 5.54 Å². The summed E-state index contributed by atoms with van der Waals surface area (Å²) in [6.07, 6.45) is 0.963. The number of aromatic amines is 1. The van der Waals surface area contributed by atoms with Gasteiger partial charge in [0.1, 0.15) is 0 Å². The van der Waals surface area contributed by atoms with Gasteiger partial charge in [-0.15, -0.1) is 0 Å². The number of fused-ring (bicyclic) bond motifs is 1. The van der Waals surface area contributed by atoms with Crippen molar-refractivity contribution in [3.8, 4) is 0 Å². The molecule has 0 aliphatic carbocycles. The highest BCUT2D eigenvalue weighted by Gasteiger charge is 2.44. The van der Waals surface area contributed by atoms with E-state index in [9.17, 15) is 9.59 Å². The van der Waals surface area contributed by atoms with Crippen LogP contribution >= 0.6 is 0 Å². The van der Waals surface area contributed by atoms with Gasteiger partial charge in [0.25, 0.3) is 5.91 Å². The Bertz CT molecular complexity index is 689. The van der Waals surface area contributed by atoms with E-state index in [1.54, 1.807) is 6.92 Å². The molecule has 1 aliphatic heterocycles. The molecule has 1 atom stereocenters. The molecule has 0 saturated carbocycles. The number of carbonyl (C=O) groups excluding carboxylic acids is 2. The molecule has 3 N–H and O–H groups in total. The first-order valence-corrected chi connectivity index (χ1v) is 6.28. The van der Waals surface area contributed by atoms with E-state index in [1.807, 2.05) is 12.1 Å². The second kappa shape index (κ2) is 3.85. The molecule has 1 unspecified atom stereocenters. The number of benzene rings is 1. The number of urea groups is 1. The Balaban J connectivity index is 2.11. The largest absolute Gasteiger partial charge is 0.356 e. The summed E-state index contributed by atoms with van der Waals surface area (Å²) in [6.45, 7) is 3.79. The van der Waals surface area contributed by atoms with E-state index in [4.69, 9.17) is 0 Å². The van der Waals surface area contributed by atoms with Gasteiger partial charge in [-0.1, -0.05) is 13.0 Å². The van der Waals surface area contributed by atoms with Crippen molar-refractivity contribution in [1.82, 2.24) is 15.6 Å². The minimum atomic E-state index is -1.03. The van der Waals surface area contributed by atoms with Crippen LogP contribution in [0.25, 0.3) is 10.9 Å². The summed E-state index contributed by atoms with van der Waals surface area (Å²) in [4.78, 5) is 26.4. The third-order valence-electron chi connectivity index (χ3n) is 3.68. The fourth-order valence-electron chi connectivity index (χ4n) is 2.40. The SMILES string of the molecule is CCc1ccc2[nH]c(C3(C)NC(=O)NC3=O)cc2c1. The maximum absolute atomic E-state index is 11.9. The van der Waals surface area contributed by atoms with Crippen molar-refractivity contribution >= 4 is 22.8 Å². The van der Waals surface area contributed by atoms with Crippen molar-refractivity contribution in [2.45, 2.75) is 25.8 Å². The van der Waals surface area contributed by atoms with E-state index in [2.05, 4.69) is 34.7 Å². The van der Waals surface area contributed by atoms with Crippen LogP contribution in [0, 0.1) is 0 Å². The number of imide groups is 1. The standard InChI is InChI=1S/C14H15N3O2/c1-3-8-4-5-10-9(6-8)7-11(15-10)14(2)12(18)16-13(19)17-14/h4-7,15H,3H2,1-2H3,(H2,16,17,18,19). The lowest BCUT2D eigenvalue weighted by atomic mass is 9.98. The summed E-state index contributed by atoms with van der Waals surface area (Å²) in [5.74, 6) is -0.334. The van der Waals surface area contributed by atoms with Crippen molar-refractivity contribution < 1.29 is 9.59 Å². The molecule has 98 valence electrons. The first-order chi connectivity index (χ1) is 9.03. The van der Waals surface area contributed by atoms with Gasteiger partial charge in [-0.3, -0.25) is 10.1 Å². The molecule has 1 fully saturated rings. The van der Waals surface area contributed by atoms with E-state index in [0.717, 1.165) is 17.3 Å². The molecule has 0 spiro atoms. The van der Waals surface area contributed by atoms with Crippen LogP contribution < -0.4 is 10.6 Å². The van der Waals surface area contributed by atoms with E-state index in [-0.39, 0.29) is 5.91 Å². The molecule has 0 bridgehead atoms. The Morgan fingerprint density at radius 3 is 2.63 bits per heavy atom. The third kappa shape index (κ3) is 1.69. The van der Waals surface area contributed by atoms with Crippen molar-refractivity contribution in [1.29, 1.82) is 0 Å². The Morgan fingerprint density at radius 1 is 1.21 bits per heavy atom. The number of hydrogen-bond donors (Lipinski definition) is 3. The number of hydrogen-bond acceptors (Lipinski definition) is 2. The molecule has 5 nitrogen and oxygen atoms in total. The molecule has 19 heavy (non-hydrogen) atoms. The van der Waals surface area contributed by atoms with Crippen LogP contribution in [0.4, 0.5) is 4.79 Å². The van der Waals surface area contributed by atoms with Crippen LogP contribution in [0.2, 0.25) is 0 Å². The molecule has 2 heterocycles. The van der Waals surface area contributed by atoms with E-state index in [1.165, 1.54) is 5.56 Å². The van der Waals surface area contributed by atoms with Gasteiger partial charge < -0.3 is 10.3 Å². The van der Waals surface area contributed by atoms with E-state index < -0.39 is 11.6 Å². The smallest absolute Gasteiger partial charge is 0.322 e. The van der Waals surface area contributed by atoms with E-state index >= 15 is 0 Å². The summed E-state index contributed by atoms with van der Waals surface area (Å²) < 4.78 is 0. The summed E-state index contributed by atoms with van der Waals surface area (Å²) in [6, 6.07) is 7.60. The minimum Gasteiger partial charge on any atom is -0.356 e. The summed E-state index contributed by atoms with van der Waals surface area (Å²) in [5.41, 5.74) is 1.87. The van der Waals surface area contributed by atoms with Gasteiger partial charge in [0, 0.05) is 10.9 Å². The molecule has 3 amide bonds. The van der Waals surface area contributed by atoms with Gasteiger partial charge in [0.2, 0.25) is 0 Å². The van der Waals surface area contributed by atoms with Crippen molar-refractivity contribution in [3.05, 3.63) is 35.5 Å². The van der Waals surface area contributed by atoms with Crippen molar-refractivity contribution in [3.63, 3.8) is 0 Å². The van der Waals surface area contributed by atoms with Crippen LogP contribution in [0.3, 0.4) is 0 Å². The quantitative estimate of drug-likeness (QED) is 0.717. The average Bonchev–Trinajstić information content (AvgIpc) is 2.91. The Labute approximate surface area is 110 Å². The monoisotopic (exact) mass is 257 g/mol. The lowest BCUT2D eigenvalue weighted by Gasteiger charge is -2.18. The molecule has 1 aromatic heterocycles. The lowest BCUT2D eigenvalue weighted by Crippen LogP contribution is -2.40. The number of amides is 3. The molecule has 2 aromatic rings. The highest BCUT2D eigenvalue weighted by atomic mass is 16.2. The topological polar surface area (TPSA) is 74.0 Å². The highest BCUT2D eigenvalue weighted by Crippen LogP contribution is 2.27. The predicted octanol–water partition coefficient (Wildman–Crippen LogP) is 1.78. The first kappa shape index (κ1) is 11.8. The number of rotatable bonds is 2. The fraction of sp³-hybridized carbons (Fsp3) is 0.286. The van der Waals surface area contributed by atoms with Crippen LogP contribution in [0.15, 0.2) is 24.3 Å². The van der Waals surface area contributed by atoms with Gasteiger partial charge in [-0.25, -0.2) is 4.79 Å². The molecule has 1 saturated heterocycles. The predicted molar refractivity (Wildman–Crippen MR) is 71.7 cm³/mol. The van der Waals surface area contributed by atoms with Gasteiger partial charge in [-0.05, 0) is 37.1 Å². The van der Waals surface area contributed by atoms with Crippen molar-refractivity contribution in [2.75, 3.05) is 0 Å². The Kier molecular flexibility index (Phi) is 2.38. The van der Waals surface area contributed by atoms with Crippen LogP contribution in [0.1, 0.15) is 25.1 Å². The van der Waals surface area contributed by atoms with Crippen LogP contribution in [0.5, 0.6) is 0 Å². The lowest BCUT2D eigenvalue weighted by molar-refractivity contribution is -0.123. The fourth-order valence-corrected chi connectivity index (χ4v) is 2.40. The molecule has 1 aromatic carbocycles. The average molecular weight is 257 g/mol. The number of aryl methyl sites for hydroxylation is 1. The molecule has 5 heteroatoms. The maximum Gasteiger partial charge on any atom is 0.322 e. The van der Waals surface area contributed by atoms with Crippen LogP contribution in [-0.4, -0.2) is 16.9 Å². The molecule has 3 rings (SSSR count).